The van der Waals surface area contributed by atoms with Crippen molar-refractivity contribution >= 4 is 21.4 Å². The third-order valence-corrected chi connectivity index (χ3v) is 6.86. The normalized spacial score (nSPS) is 12.2. The van der Waals surface area contributed by atoms with E-state index >= 15 is 0 Å². The van der Waals surface area contributed by atoms with E-state index in [1.807, 2.05) is 0 Å². The number of nitrogens with one attached hydrogen (secondary N) is 1. The van der Waals surface area contributed by atoms with Crippen LogP contribution in [0.25, 0.3) is 0 Å². The lowest BCUT2D eigenvalue weighted by Crippen LogP contribution is -2.33. The molecule has 0 unspecified atom stereocenters. The molecule has 0 saturated heterocycles. The predicted molar refractivity (Wildman–Crippen MR) is 87.5 cm³/mol. The quantitative estimate of drug-likeness (QED) is 0.668. The molecule has 122 valence electrons. The predicted octanol–water partition coefficient (Wildman–Crippen LogP) is 3.12. The highest BCUT2D eigenvalue weighted by Gasteiger charge is 2.27. The van der Waals surface area contributed by atoms with Gasteiger partial charge in [0.15, 0.2) is 4.21 Å². The van der Waals surface area contributed by atoms with Crippen LogP contribution in [0.15, 0.2) is 9.00 Å². The summed E-state index contributed by atoms with van der Waals surface area (Å²) in [5.74, 6) is 0. The lowest BCUT2D eigenvalue weighted by Gasteiger charge is -2.21. The molecule has 0 amide bonds. The minimum Gasteiger partial charge on any atom is -0.315 e. The first-order valence-electron chi connectivity index (χ1n) is 7.63. The second-order valence-electron chi connectivity index (χ2n) is 5.25. The number of sulfonamides is 1. The van der Waals surface area contributed by atoms with Gasteiger partial charge in [0.05, 0.1) is 0 Å². The van der Waals surface area contributed by atoms with Crippen LogP contribution < -0.4 is 4.87 Å². The Morgan fingerprint density at radius 1 is 1.05 bits per heavy atom. The number of H-pyrrole nitrogens is 1. The highest BCUT2D eigenvalue weighted by Crippen LogP contribution is 2.22. The van der Waals surface area contributed by atoms with Crippen molar-refractivity contribution in [3.05, 3.63) is 15.4 Å². The molecule has 1 rings (SSSR count). The van der Waals surface area contributed by atoms with Crippen LogP contribution in [-0.4, -0.2) is 30.8 Å². The number of unbranched alkanes of at least 4 members (excludes halogenated alkanes) is 4. The Hall–Kier alpha value is -0.660. The number of aromatic nitrogens is 1. The number of hydrogen-bond acceptors (Lipinski definition) is 4. The average Bonchev–Trinajstić information content (AvgIpc) is 2.77. The van der Waals surface area contributed by atoms with Crippen molar-refractivity contribution in [3.8, 4) is 0 Å². The number of nitrogens with zero attached hydrogens (tertiary/aromatic N) is 1. The Labute approximate surface area is 131 Å². The fourth-order valence-electron chi connectivity index (χ4n) is 2.18. The van der Waals surface area contributed by atoms with Crippen molar-refractivity contribution in [3.63, 3.8) is 0 Å². The van der Waals surface area contributed by atoms with Gasteiger partial charge in [0.25, 0.3) is 10.0 Å². The van der Waals surface area contributed by atoms with Crippen molar-refractivity contribution in [1.29, 1.82) is 0 Å². The lowest BCUT2D eigenvalue weighted by molar-refractivity contribution is 0.389. The third kappa shape index (κ3) is 5.23. The summed E-state index contributed by atoms with van der Waals surface area (Å²) in [5, 5.41) is 0. The number of thiazole rings is 1. The Morgan fingerprint density at radius 2 is 1.57 bits per heavy atom. The van der Waals surface area contributed by atoms with Gasteiger partial charge in [-0.1, -0.05) is 50.9 Å². The van der Waals surface area contributed by atoms with Crippen molar-refractivity contribution in [1.82, 2.24) is 9.29 Å². The summed E-state index contributed by atoms with van der Waals surface area (Å²) in [6, 6.07) is 0. The van der Waals surface area contributed by atoms with Crippen molar-refractivity contribution in [2.24, 2.45) is 0 Å². The first-order chi connectivity index (χ1) is 9.93. The largest absolute Gasteiger partial charge is 0.315 e. The Bertz CT molecular complexity index is 565. The van der Waals surface area contributed by atoms with E-state index in [2.05, 4.69) is 18.8 Å². The van der Waals surface area contributed by atoms with Crippen molar-refractivity contribution in [2.75, 3.05) is 13.1 Å². The minimum absolute atomic E-state index is 0.167. The maximum atomic E-state index is 12.7. The van der Waals surface area contributed by atoms with Gasteiger partial charge < -0.3 is 4.98 Å². The second-order valence-corrected chi connectivity index (χ2v) is 8.36. The zero-order chi connectivity index (χ0) is 15.9. The zero-order valence-corrected chi connectivity index (χ0v) is 14.8. The molecular formula is C14H26N2O3S2. The van der Waals surface area contributed by atoms with Crippen LogP contribution in [0.3, 0.4) is 0 Å². The number of rotatable bonds is 10. The van der Waals surface area contributed by atoms with Crippen LogP contribution in [0.2, 0.25) is 0 Å². The molecule has 1 N–H and O–H groups in total. The molecule has 7 heteroatoms. The third-order valence-electron chi connectivity index (χ3n) is 3.38. The van der Waals surface area contributed by atoms with Gasteiger partial charge in [-0.15, -0.1) is 0 Å². The van der Waals surface area contributed by atoms with Gasteiger partial charge in [-0.25, -0.2) is 8.42 Å². The number of hydrogen-bond donors (Lipinski definition) is 1. The van der Waals surface area contributed by atoms with E-state index in [9.17, 15) is 13.2 Å². The summed E-state index contributed by atoms with van der Waals surface area (Å²) < 4.78 is 27.2. The van der Waals surface area contributed by atoms with Crippen molar-refractivity contribution in [2.45, 2.75) is 63.5 Å². The molecule has 1 heterocycles. The topological polar surface area (TPSA) is 70.2 Å². The summed E-state index contributed by atoms with van der Waals surface area (Å²) in [6.45, 7) is 6.90. The molecule has 0 spiro atoms. The molecule has 1 aromatic heterocycles. The van der Waals surface area contributed by atoms with Gasteiger partial charge in [-0.2, -0.15) is 4.31 Å². The summed E-state index contributed by atoms with van der Waals surface area (Å²) >= 11 is 0.787. The molecule has 0 aromatic carbocycles. The number of aryl methyl sites for hydroxylation is 1. The van der Waals surface area contributed by atoms with Crippen molar-refractivity contribution < 1.29 is 8.42 Å². The fourth-order valence-corrected chi connectivity index (χ4v) is 5.13. The van der Waals surface area contributed by atoms with E-state index in [4.69, 9.17) is 0 Å². The fraction of sp³-hybridized carbons (Fsp3) is 0.786. The van der Waals surface area contributed by atoms with Gasteiger partial charge in [0, 0.05) is 18.8 Å². The molecule has 0 aliphatic carbocycles. The van der Waals surface area contributed by atoms with Gasteiger partial charge in [-0.3, -0.25) is 4.79 Å². The summed E-state index contributed by atoms with van der Waals surface area (Å²) in [6.07, 6.45) is 5.86. The standard InChI is InChI=1S/C14H26N2O3S2/c1-4-6-8-10-16(11-9-7-5-2)21(18,19)13-12(3)15-14(17)20-13/h4-11H2,1-3H3,(H,15,17). The Balaban J connectivity index is 2.93. The summed E-state index contributed by atoms with van der Waals surface area (Å²) in [4.78, 5) is 13.6. The maximum absolute atomic E-state index is 12.7. The molecule has 5 nitrogen and oxygen atoms in total. The maximum Gasteiger partial charge on any atom is 0.305 e. The Morgan fingerprint density at radius 3 is 1.95 bits per heavy atom. The van der Waals surface area contributed by atoms with E-state index in [1.165, 1.54) is 0 Å². The first-order valence-corrected chi connectivity index (χ1v) is 9.89. The monoisotopic (exact) mass is 334 g/mol. The first kappa shape index (κ1) is 18.4. The molecule has 0 radical (unpaired) electrons. The van der Waals surface area contributed by atoms with Gasteiger partial charge >= 0.3 is 4.87 Å². The van der Waals surface area contributed by atoms with Crippen LogP contribution in [-0.2, 0) is 10.0 Å². The molecule has 0 aliphatic rings. The second kappa shape index (κ2) is 8.70. The molecule has 1 aromatic rings. The molecule has 0 bridgehead atoms. The molecule has 0 atom stereocenters. The minimum atomic E-state index is -3.55. The van der Waals surface area contributed by atoms with Gasteiger partial charge in [0.2, 0.25) is 0 Å². The highest BCUT2D eigenvalue weighted by molar-refractivity contribution is 7.91. The Kier molecular flexibility index (Phi) is 7.62. The average molecular weight is 335 g/mol. The SMILES string of the molecule is CCCCCN(CCCCC)S(=O)(=O)c1sc(=O)[nH]c1C. The smallest absolute Gasteiger partial charge is 0.305 e. The van der Waals surface area contributed by atoms with E-state index in [0.29, 0.717) is 18.8 Å². The van der Waals surface area contributed by atoms with Crippen LogP contribution >= 0.6 is 11.3 Å². The van der Waals surface area contributed by atoms with E-state index in [0.717, 1.165) is 49.9 Å². The molecule has 21 heavy (non-hydrogen) atoms. The summed E-state index contributed by atoms with van der Waals surface area (Å²) in [5.41, 5.74) is 0.445. The highest BCUT2D eigenvalue weighted by atomic mass is 32.2. The molecular weight excluding hydrogens is 308 g/mol. The summed E-state index contributed by atoms with van der Waals surface area (Å²) in [7, 11) is -3.55. The van der Waals surface area contributed by atoms with E-state index in [1.54, 1.807) is 11.2 Å². The molecule has 0 aliphatic heterocycles. The number of aromatic amines is 1. The van der Waals surface area contributed by atoms with Crippen LogP contribution in [0.4, 0.5) is 0 Å². The van der Waals surface area contributed by atoms with E-state index in [-0.39, 0.29) is 9.08 Å². The lowest BCUT2D eigenvalue weighted by atomic mass is 10.2. The van der Waals surface area contributed by atoms with Gasteiger partial charge in [-0.05, 0) is 19.8 Å². The van der Waals surface area contributed by atoms with Crippen LogP contribution in [0, 0.1) is 6.92 Å². The zero-order valence-electron chi connectivity index (χ0n) is 13.1. The van der Waals surface area contributed by atoms with Crippen LogP contribution in [0.5, 0.6) is 0 Å². The molecule has 0 saturated carbocycles. The molecule has 0 fully saturated rings. The van der Waals surface area contributed by atoms with Gasteiger partial charge in [0.1, 0.15) is 0 Å². The van der Waals surface area contributed by atoms with E-state index < -0.39 is 10.0 Å². The van der Waals surface area contributed by atoms with Crippen LogP contribution in [0.1, 0.15) is 58.1 Å².